The number of nitrogens with zero attached hydrogens (tertiary/aromatic N) is 3. The molecule has 0 saturated carbocycles. The zero-order valence-corrected chi connectivity index (χ0v) is 18.7. The molecule has 2 aliphatic heterocycles. The van der Waals surface area contributed by atoms with Gasteiger partial charge in [-0.25, -0.2) is 4.90 Å². The number of aliphatic hydroxyl groups is 1. The maximum atomic E-state index is 13.6. The number of non-ortho nitro benzene ring substituents is 1. The molecule has 0 spiro atoms. The Hall–Kier alpha value is -3.52. The second-order valence-corrected chi connectivity index (χ2v) is 8.86. The summed E-state index contributed by atoms with van der Waals surface area (Å²) >= 11 is 0. The largest absolute Gasteiger partial charge is 0.396 e. The minimum atomic E-state index is -0.500. The van der Waals surface area contributed by atoms with Crippen molar-refractivity contribution in [3.63, 3.8) is 0 Å². The van der Waals surface area contributed by atoms with Crippen molar-refractivity contribution in [2.45, 2.75) is 32.6 Å². The van der Waals surface area contributed by atoms with Crippen molar-refractivity contribution in [1.29, 1.82) is 0 Å². The first-order chi connectivity index (χ1) is 15.8. The first-order valence-corrected chi connectivity index (χ1v) is 11.2. The van der Waals surface area contributed by atoms with Crippen LogP contribution in [0, 0.1) is 16.0 Å². The Kier molecular flexibility index (Phi) is 6.29. The van der Waals surface area contributed by atoms with Gasteiger partial charge in [-0.15, -0.1) is 0 Å². The highest BCUT2D eigenvalue weighted by Crippen LogP contribution is 2.37. The van der Waals surface area contributed by atoms with E-state index in [4.69, 9.17) is 0 Å². The van der Waals surface area contributed by atoms with Crippen LogP contribution >= 0.6 is 0 Å². The molecule has 172 valence electrons. The standard InChI is InChI=1S/C25H27N3O5/c1-16(2)18-5-9-20(10-6-18)27-24(30)22(19-7-11-21(12-8-19)28(32)33)23(25(27)31)26-13-3-4-17(14-26)15-29/h5-12,16-17,29H,3-4,13-15H2,1-2H3. The van der Waals surface area contributed by atoms with E-state index in [1.54, 1.807) is 12.1 Å². The number of imide groups is 1. The summed E-state index contributed by atoms with van der Waals surface area (Å²) in [5.41, 5.74) is 2.49. The Balaban J connectivity index is 1.78. The monoisotopic (exact) mass is 449 g/mol. The lowest BCUT2D eigenvalue weighted by Crippen LogP contribution is -2.40. The number of hydrogen-bond donors (Lipinski definition) is 1. The molecule has 1 unspecified atom stereocenters. The predicted molar refractivity (Wildman–Crippen MR) is 124 cm³/mol. The van der Waals surface area contributed by atoms with E-state index < -0.39 is 16.7 Å². The van der Waals surface area contributed by atoms with Crippen LogP contribution in [0.5, 0.6) is 0 Å². The molecule has 2 aromatic rings. The number of likely N-dealkylation sites (tertiary alicyclic amines) is 1. The molecular weight excluding hydrogens is 422 g/mol. The Labute approximate surface area is 192 Å². The van der Waals surface area contributed by atoms with E-state index in [0.717, 1.165) is 18.4 Å². The number of aliphatic hydroxyl groups excluding tert-OH is 1. The van der Waals surface area contributed by atoms with Gasteiger partial charge in [0.15, 0.2) is 0 Å². The van der Waals surface area contributed by atoms with Gasteiger partial charge < -0.3 is 10.0 Å². The molecule has 8 nitrogen and oxygen atoms in total. The van der Waals surface area contributed by atoms with Crippen LogP contribution in [0.2, 0.25) is 0 Å². The van der Waals surface area contributed by atoms with Gasteiger partial charge in [0.1, 0.15) is 5.70 Å². The molecule has 8 heteroatoms. The fourth-order valence-electron chi connectivity index (χ4n) is 4.48. The van der Waals surface area contributed by atoms with Gasteiger partial charge in [-0.1, -0.05) is 26.0 Å². The molecule has 2 aliphatic rings. The lowest BCUT2D eigenvalue weighted by Gasteiger charge is -2.34. The zero-order chi connectivity index (χ0) is 23.7. The molecule has 2 heterocycles. The van der Waals surface area contributed by atoms with Crippen molar-refractivity contribution in [2.75, 3.05) is 24.6 Å². The van der Waals surface area contributed by atoms with Crippen LogP contribution in [0.15, 0.2) is 54.2 Å². The fourth-order valence-corrected chi connectivity index (χ4v) is 4.48. The molecule has 2 aromatic carbocycles. The molecule has 33 heavy (non-hydrogen) atoms. The number of nitro benzene ring substituents is 1. The molecule has 0 bridgehead atoms. The van der Waals surface area contributed by atoms with Gasteiger partial charge >= 0.3 is 0 Å². The molecule has 4 rings (SSSR count). The maximum Gasteiger partial charge on any atom is 0.282 e. The third kappa shape index (κ3) is 4.26. The summed E-state index contributed by atoms with van der Waals surface area (Å²) in [7, 11) is 0. The zero-order valence-electron chi connectivity index (χ0n) is 18.7. The number of benzene rings is 2. The van der Waals surface area contributed by atoms with E-state index in [-0.39, 0.29) is 23.8 Å². The van der Waals surface area contributed by atoms with E-state index in [0.29, 0.717) is 36.0 Å². The summed E-state index contributed by atoms with van der Waals surface area (Å²) in [5.74, 6) is -0.527. The fraction of sp³-hybridized carbons (Fsp3) is 0.360. The normalized spacial score (nSPS) is 19.1. The quantitative estimate of drug-likeness (QED) is 0.410. The van der Waals surface area contributed by atoms with Crippen molar-refractivity contribution < 1.29 is 19.6 Å². The molecule has 0 aromatic heterocycles. The minimum Gasteiger partial charge on any atom is -0.396 e. The number of hydrogen-bond acceptors (Lipinski definition) is 6. The topological polar surface area (TPSA) is 104 Å². The third-order valence-electron chi connectivity index (χ3n) is 6.34. The molecular formula is C25H27N3O5. The Bertz CT molecular complexity index is 1110. The van der Waals surface area contributed by atoms with Crippen LogP contribution in [0.25, 0.3) is 5.57 Å². The molecule has 1 fully saturated rings. The molecule has 1 atom stereocenters. The second-order valence-electron chi connectivity index (χ2n) is 8.86. The van der Waals surface area contributed by atoms with Crippen molar-refractivity contribution in [3.05, 3.63) is 75.5 Å². The van der Waals surface area contributed by atoms with Crippen molar-refractivity contribution in [3.8, 4) is 0 Å². The maximum absolute atomic E-state index is 13.6. The van der Waals surface area contributed by atoms with Gasteiger partial charge in [-0.2, -0.15) is 0 Å². The summed E-state index contributed by atoms with van der Waals surface area (Å²) in [6, 6.07) is 13.1. The van der Waals surface area contributed by atoms with Gasteiger partial charge in [-0.3, -0.25) is 19.7 Å². The number of anilines is 1. The molecule has 0 aliphatic carbocycles. The van der Waals surface area contributed by atoms with Crippen LogP contribution in [0.1, 0.15) is 43.7 Å². The number of carbonyl (C=O) groups excluding carboxylic acids is 2. The average molecular weight is 450 g/mol. The average Bonchev–Trinajstić information content (AvgIpc) is 3.09. The van der Waals surface area contributed by atoms with Gasteiger partial charge in [0.2, 0.25) is 0 Å². The Morgan fingerprint density at radius 1 is 1.06 bits per heavy atom. The van der Waals surface area contributed by atoms with Crippen molar-refractivity contribution in [2.24, 2.45) is 5.92 Å². The van der Waals surface area contributed by atoms with Crippen molar-refractivity contribution >= 4 is 28.8 Å². The highest BCUT2D eigenvalue weighted by atomic mass is 16.6. The number of carbonyl (C=O) groups is 2. The number of nitro groups is 1. The van der Waals surface area contributed by atoms with Gasteiger partial charge in [-0.05, 0) is 60.1 Å². The molecule has 0 radical (unpaired) electrons. The Morgan fingerprint density at radius 3 is 2.30 bits per heavy atom. The summed E-state index contributed by atoms with van der Waals surface area (Å²) in [4.78, 5) is 40.9. The lowest BCUT2D eigenvalue weighted by molar-refractivity contribution is -0.384. The second kappa shape index (κ2) is 9.15. The molecule has 1 N–H and O–H groups in total. The molecule has 2 amide bonds. The minimum absolute atomic E-state index is 0.0131. The van der Waals surface area contributed by atoms with Crippen molar-refractivity contribution in [1.82, 2.24) is 4.90 Å². The smallest absolute Gasteiger partial charge is 0.282 e. The van der Waals surface area contributed by atoms with Crippen LogP contribution < -0.4 is 4.90 Å². The van der Waals surface area contributed by atoms with E-state index in [1.165, 1.54) is 29.2 Å². The van der Waals surface area contributed by atoms with Crippen LogP contribution in [-0.4, -0.2) is 46.4 Å². The van der Waals surface area contributed by atoms with Crippen LogP contribution in [0.3, 0.4) is 0 Å². The summed E-state index contributed by atoms with van der Waals surface area (Å²) < 4.78 is 0. The van der Waals surface area contributed by atoms with E-state index >= 15 is 0 Å². The van der Waals surface area contributed by atoms with Crippen LogP contribution in [0.4, 0.5) is 11.4 Å². The summed E-state index contributed by atoms with van der Waals surface area (Å²) in [6.07, 6.45) is 1.66. The number of piperidine rings is 1. The predicted octanol–water partition coefficient (Wildman–Crippen LogP) is 3.71. The number of rotatable bonds is 6. The van der Waals surface area contributed by atoms with Crippen LogP contribution in [-0.2, 0) is 9.59 Å². The van der Waals surface area contributed by atoms with Gasteiger partial charge in [0, 0.05) is 31.8 Å². The summed E-state index contributed by atoms with van der Waals surface area (Å²) in [5, 5.41) is 20.7. The Morgan fingerprint density at radius 2 is 1.73 bits per heavy atom. The summed E-state index contributed by atoms with van der Waals surface area (Å²) in [6.45, 7) is 5.23. The van der Waals surface area contributed by atoms with E-state index in [9.17, 15) is 24.8 Å². The van der Waals surface area contributed by atoms with Gasteiger partial charge in [0.25, 0.3) is 17.5 Å². The van der Waals surface area contributed by atoms with E-state index in [2.05, 4.69) is 13.8 Å². The van der Waals surface area contributed by atoms with Gasteiger partial charge in [0.05, 0.1) is 16.2 Å². The lowest BCUT2D eigenvalue weighted by atomic mass is 9.97. The SMILES string of the molecule is CC(C)c1ccc(N2C(=O)C(c3ccc([N+](=O)[O-])cc3)=C(N3CCCC(CO)C3)C2=O)cc1. The highest BCUT2D eigenvalue weighted by Gasteiger charge is 2.43. The highest BCUT2D eigenvalue weighted by molar-refractivity contribution is 6.45. The first kappa shape index (κ1) is 22.7. The first-order valence-electron chi connectivity index (χ1n) is 11.2. The third-order valence-corrected chi connectivity index (χ3v) is 6.34. The van der Waals surface area contributed by atoms with E-state index in [1.807, 2.05) is 17.0 Å². The number of amides is 2. The molecule has 1 saturated heterocycles.